The number of benzene rings is 1. The second-order valence-corrected chi connectivity index (χ2v) is 4.13. The van der Waals surface area contributed by atoms with E-state index in [0.717, 1.165) is 0 Å². The summed E-state index contributed by atoms with van der Waals surface area (Å²) in [7, 11) is 0. The Kier molecular flexibility index (Phi) is 3.99. The van der Waals surface area contributed by atoms with Gasteiger partial charge in [0, 0.05) is 11.8 Å². The first kappa shape index (κ1) is 13.6. The highest BCUT2D eigenvalue weighted by molar-refractivity contribution is 5.92. The van der Waals surface area contributed by atoms with E-state index in [1.165, 1.54) is 18.4 Å². The largest absolute Gasteiger partial charge is 0.478 e. The van der Waals surface area contributed by atoms with Crippen molar-refractivity contribution in [3.8, 4) is 0 Å². The van der Waals surface area contributed by atoms with Gasteiger partial charge >= 0.3 is 12.0 Å². The van der Waals surface area contributed by atoms with Gasteiger partial charge in [-0.1, -0.05) is 5.16 Å². The van der Waals surface area contributed by atoms with Crippen molar-refractivity contribution in [1.82, 2.24) is 10.5 Å². The van der Waals surface area contributed by atoms with Crippen LogP contribution in [-0.4, -0.2) is 22.3 Å². The number of amides is 2. The van der Waals surface area contributed by atoms with Crippen molar-refractivity contribution >= 4 is 17.7 Å². The van der Waals surface area contributed by atoms with E-state index in [2.05, 4.69) is 20.3 Å². The lowest BCUT2D eigenvalue weighted by Crippen LogP contribution is -2.28. The van der Waals surface area contributed by atoms with Gasteiger partial charge in [-0.25, -0.2) is 9.59 Å². The lowest BCUT2D eigenvalue weighted by molar-refractivity contribution is 0.0697. The number of carboxylic acids is 1. The van der Waals surface area contributed by atoms with Crippen LogP contribution in [0, 0.1) is 6.92 Å². The van der Waals surface area contributed by atoms with E-state index in [4.69, 9.17) is 5.11 Å². The Balaban J connectivity index is 1.95. The molecule has 0 unspecified atom stereocenters. The molecule has 0 aliphatic rings. The van der Waals surface area contributed by atoms with Crippen LogP contribution >= 0.6 is 0 Å². The van der Waals surface area contributed by atoms with Crippen molar-refractivity contribution in [2.45, 2.75) is 13.5 Å². The minimum atomic E-state index is -1.00. The molecule has 20 heavy (non-hydrogen) atoms. The Morgan fingerprint density at radius 1 is 1.35 bits per heavy atom. The highest BCUT2D eigenvalue weighted by Crippen LogP contribution is 2.16. The number of aryl methyl sites for hydroxylation is 1. The summed E-state index contributed by atoms with van der Waals surface area (Å²) in [5.74, 6) is -1.00. The third kappa shape index (κ3) is 3.35. The highest BCUT2D eigenvalue weighted by atomic mass is 16.5. The van der Waals surface area contributed by atoms with Gasteiger partial charge in [-0.3, -0.25) is 0 Å². The number of hydrogen-bond acceptors (Lipinski definition) is 4. The molecule has 1 aromatic carbocycles. The molecule has 2 aromatic rings. The number of hydrogen-bond donors (Lipinski definition) is 3. The molecule has 104 valence electrons. The standard InChI is InChI=1S/C13H13N3O4/c1-8-6-9(12(17)18)2-3-11(8)15-13(19)14-7-10-4-5-20-16-10/h2-6H,7H2,1H3,(H,17,18)(H2,14,15,19). The van der Waals surface area contributed by atoms with Gasteiger partial charge in [-0.05, 0) is 30.7 Å². The number of urea groups is 1. The van der Waals surface area contributed by atoms with Crippen molar-refractivity contribution in [3.63, 3.8) is 0 Å². The van der Waals surface area contributed by atoms with Crippen molar-refractivity contribution < 1.29 is 19.2 Å². The first-order valence-electron chi connectivity index (χ1n) is 5.84. The van der Waals surface area contributed by atoms with Gasteiger partial charge in [-0.15, -0.1) is 0 Å². The van der Waals surface area contributed by atoms with Crippen LogP contribution in [0.5, 0.6) is 0 Å². The van der Waals surface area contributed by atoms with E-state index in [0.29, 0.717) is 16.9 Å². The molecule has 1 heterocycles. The maximum atomic E-state index is 11.7. The number of nitrogens with one attached hydrogen (secondary N) is 2. The Labute approximate surface area is 114 Å². The third-order valence-corrected chi connectivity index (χ3v) is 2.64. The van der Waals surface area contributed by atoms with Crippen LogP contribution in [0.25, 0.3) is 0 Å². The van der Waals surface area contributed by atoms with Crippen LogP contribution in [0.3, 0.4) is 0 Å². The predicted molar refractivity (Wildman–Crippen MR) is 70.5 cm³/mol. The van der Waals surface area contributed by atoms with Crippen molar-refractivity contribution in [2.75, 3.05) is 5.32 Å². The molecule has 7 nitrogen and oxygen atoms in total. The molecule has 0 fully saturated rings. The van der Waals surface area contributed by atoms with Crippen molar-refractivity contribution in [1.29, 1.82) is 0 Å². The van der Waals surface area contributed by atoms with E-state index in [9.17, 15) is 9.59 Å². The maximum absolute atomic E-state index is 11.7. The van der Waals surface area contributed by atoms with Gasteiger partial charge < -0.3 is 20.3 Å². The summed E-state index contributed by atoms with van der Waals surface area (Å²) in [6.07, 6.45) is 1.42. The molecule has 0 atom stereocenters. The molecule has 0 saturated heterocycles. The second-order valence-electron chi connectivity index (χ2n) is 4.13. The molecule has 2 rings (SSSR count). The van der Waals surface area contributed by atoms with Crippen molar-refractivity contribution in [2.24, 2.45) is 0 Å². The molecule has 1 aromatic heterocycles. The molecule has 7 heteroatoms. The topological polar surface area (TPSA) is 104 Å². The summed E-state index contributed by atoms with van der Waals surface area (Å²) < 4.78 is 4.64. The Hall–Kier alpha value is -2.83. The zero-order valence-electron chi connectivity index (χ0n) is 10.7. The quantitative estimate of drug-likeness (QED) is 0.791. The van der Waals surface area contributed by atoms with E-state index < -0.39 is 12.0 Å². The monoisotopic (exact) mass is 275 g/mol. The molecule has 2 amide bonds. The molecule has 3 N–H and O–H groups in total. The lowest BCUT2D eigenvalue weighted by Gasteiger charge is -2.09. The first-order valence-corrected chi connectivity index (χ1v) is 5.84. The second kappa shape index (κ2) is 5.87. The summed E-state index contributed by atoms with van der Waals surface area (Å²) in [6, 6.07) is 5.72. The predicted octanol–water partition coefficient (Wildman–Crippen LogP) is 2.00. The number of aromatic nitrogens is 1. The van der Waals surface area contributed by atoms with E-state index >= 15 is 0 Å². The fourth-order valence-corrected chi connectivity index (χ4v) is 1.60. The van der Waals surface area contributed by atoms with Crippen LogP contribution in [0.4, 0.5) is 10.5 Å². The maximum Gasteiger partial charge on any atom is 0.335 e. The Morgan fingerprint density at radius 2 is 2.15 bits per heavy atom. The fourth-order valence-electron chi connectivity index (χ4n) is 1.60. The average Bonchev–Trinajstić information content (AvgIpc) is 2.91. The fraction of sp³-hybridized carbons (Fsp3) is 0.154. The highest BCUT2D eigenvalue weighted by Gasteiger charge is 2.08. The van der Waals surface area contributed by atoms with Gasteiger partial charge in [0.2, 0.25) is 0 Å². The number of carbonyl (C=O) groups is 2. The van der Waals surface area contributed by atoms with Crippen LogP contribution in [0.2, 0.25) is 0 Å². The minimum Gasteiger partial charge on any atom is -0.478 e. The third-order valence-electron chi connectivity index (χ3n) is 2.64. The van der Waals surface area contributed by atoms with Crippen molar-refractivity contribution in [3.05, 3.63) is 47.3 Å². The van der Waals surface area contributed by atoms with Gasteiger partial charge in [0.05, 0.1) is 12.1 Å². The average molecular weight is 275 g/mol. The molecule has 0 saturated carbocycles. The summed E-state index contributed by atoms with van der Waals surface area (Å²) in [5, 5.41) is 17.8. The smallest absolute Gasteiger partial charge is 0.335 e. The zero-order valence-corrected chi connectivity index (χ0v) is 10.7. The summed E-state index contributed by atoms with van der Waals surface area (Å²) in [5.41, 5.74) is 2.00. The van der Waals surface area contributed by atoms with E-state index in [-0.39, 0.29) is 12.1 Å². The molecular weight excluding hydrogens is 262 g/mol. The zero-order chi connectivity index (χ0) is 14.5. The Bertz CT molecular complexity index is 623. The molecule has 0 spiro atoms. The summed E-state index contributed by atoms with van der Waals surface area (Å²) in [4.78, 5) is 22.5. The number of aromatic carboxylic acids is 1. The molecule has 0 bridgehead atoms. The van der Waals surface area contributed by atoms with Gasteiger partial charge in [0.15, 0.2) is 0 Å². The van der Waals surface area contributed by atoms with Crippen LogP contribution in [0.1, 0.15) is 21.6 Å². The van der Waals surface area contributed by atoms with Crippen LogP contribution in [-0.2, 0) is 6.54 Å². The number of rotatable bonds is 4. The van der Waals surface area contributed by atoms with E-state index in [1.807, 2.05) is 0 Å². The summed E-state index contributed by atoms with van der Waals surface area (Å²) in [6.45, 7) is 1.97. The SMILES string of the molecule is Cc1cc(C(=O)O)ccc1NC(=O)NCc1ccon1. The summed E-state index contributed by atoms with van der Waals surface area (Å²) >= 11 is 0. The minimum absolute atomic E-state index is 0.177. The molecular formula is C13H13N3O4. The first-order chi connectivity index (χ1) is 9.56. The molecule has 0 aliphatic heterocycles. The van der Waals surface area contributed by atoms with Gasteiger partial charge in [0.25, 0.3) is 0 Å². The number of carbonyl (C=O) groups excluding carboxylic acids is 1. The van der Waals surface area contributed by atoms with E-state index in [1.54, 1.807) is 19.1 Å². The van der Waals surface area contributed by atoms with Crippen LogP contribution in [0.15, 0.2) is 35.1 Å². The molecule has 0 aliphatic carbocycles. The number of carboxylic acid groups (broad SMARTS) is 1. The number of nitrogens with zero attached hydrogens (tertiary/aromatic N) is 1. The van der Waals surface area contributed by atoms with Gasteiger partial charge in [0.1, 0.15) is 12.0 Å². The Morgan fingerprint density at radius 3 is 2.75 bits per heavy atom. The molecule has 0 radical (unpaired) electrons. The number of anilines is 1. The van der Waals surface area contributed by atoms with Gasteiger partial charge in [-0.2, -0.15) is 0 Å². The normalized spacial score (nSPS) is 10.1. The lowest BCUT2D eigenvalue weighted by atomic mass is 10.1. The van der Waals surface area contributed by atoms with Crippen LogP contribution < -0.4 is 10.6 Å².